The molecule has 1 aliphatic heterocycles. The lowest BCUT2D eigenvalue weighted by Crippen LogP contribution is -2.10. The van der Waals surface area contributed by atoms with E-state index >= 15 is 0 Å². The van der Waals surface area contributed by atoms with Crippen molar-refractivity contribution in [2.45, 2.75) is 26.3 Å². The fourth-order valence-electron chi connectivity index (χ4n) is 1.77. The molecule has 1 aromatic rings. The maximum Gasteiger partial charge on any atom is 0.248 e. The van der Waals surface area contributed by atoms with Gasteiger partial charge in [-0.25, -0.2) is 0 Å². The Labute approximate surface area is 100 Å². The van der Waals surface area contributed by atoms with Crippen molar-refractivity contribution in [1.29, 1.82) is 0 Å². The lowest BCUT2D eigenvalue weighted by molar-refractivity contribution is -0.111. The molecule has 1 unspecified atom stereocenters. The van der Waals surface area contributed by atoms with Crippen LogP contribution in [0.15, 0.2) is 24.0 Å². The molecule has 1 N–H and O–H groups in total. The molecule has 1 aromatic heterocycles. The SMILES string of the molecule is CC(C)=CC(=O)Nc1cnn(C2CCOC2)c1. The molecular weight excluding hydrogens is 218 g/mol. The van der Waals surface area contributed by atoms with Gasteiger partial charge in [0.05, 0.1) is 24.5 Å². The first-order chi connectivity index (χ1) is 8.15. The molecule has 2 heterocycles. The van der Waals surface area contributed by atoms with E-state index in [-0.39, 0.29) is 5.91 Å². The van der Waals surface area contributed by atoms with Crippen molar-refractivity contribution in [3.05, 3.63) is 24.0 Å². The summed E-state index contributed by atoms with van der Waals surface area (Å²) >= 11 is 0. The molecule has 1 fully saturated rings. The van der Waals surface area contributed by atoms with Crippen molar-refractivity contribution in [3.63, 3.8) is 0 Å². The summed E-state index contributed by atoms with van der Waals surface area (Å²) in [5.41, 5.74) is 1.69. The van der Waals surface area contributed by atoms with Crippen LogP contribution in [0.2, 0.25) is 0 Å². The summed E-state index contributed by atoms with van der Waals surface area (Å²) < 4.78 is 7.15. The third-order valence-electron chi connectivity index (χ3n) is 2.57. The number of carbonyl (C=O) groups excluding carboxylic acids is 1. The molecule has 1 atom stereocenters. The zero-order valence-corrected chi connectivity index (χ0v) is 10.1. The standard InChI is InChI=1S/C12H17N3O2/c1-9(2)5-12(16)14-10-6-13-15(7-10)11-3-4-17-8-11/h5-7,11H,3-4,8H2,1-2H3,(H,14,16). The molecule has 0 spiro atoms. The van der Waals surface area contributed by atoms with Crippen LogP contribution in [-0.2, 0) is 9.53 Å². The topological polar surface area (TPSA) is 56.2 Å². The van der Waals surface area contributed by atoms with E-state index in [0.717, 1.165) is 24.3 Å². The number of anilines is 1. The number of ether oxygens (including phenoxy) is 1. The second-order valence-corrected chi connectivity index (χ2v) is 4.44. The fourth-order valence-corrected chi connectivity index (χ4v) is 1.77. The van der Waals surface area contributed by atoms with Crippen LogP contribution >= 0.6 is 0 Å². The summed E-state index contributed by atoms with van der Waals surface area (Å²) in [4.78, 5) is 11.5. The third kappa shape index (κ3) is 3.17. The van der Waals surface area contributed by atoms with Gasteiger partial charge in [-0.05, 0) is 20.3 Å². The monoisotopic (exact) mass is 235 g/mol. The third-order valence-corrected chi connectivity index (χ3v) is 2.57. The highest BCUT2D eigenvalue weighted by molar-refractivity contribution is 5.99. The number of nitrogens with one attached hydrogen (secondary N) is 1. The minimum absolute atomic E-state index is 0.118. The molecule has 0 aliphatic carbocycles. The average molecular weight is 235 g/mol. The number of allylic oxidation sites excluding steroid dienone is 1. The van der Waals surface area contributed by atoms with Gasteiger partial charge < -0.3 is 10.1 Å². The van der Waals surface area contributed by atoms with E-state index in [4.69, 9.17) is 4.74 Å². The summed E-state index contributed by atoms with van der Waals surface area (Å²) in [5.74, 6) is -0.118. The van der Waals surface area contributed by atoms with E-state index in [1.807, 2.05) is 24.7 Å². The largest absolute Gasteiger partial charge is 0.379 e. The Morgan fingerprint density at radius 2 is 2.47 bits per heavy atom. The van der Waals surface area contributed by atoms with Gasteiger partial charge in [0.15, 0.2) is 0 Å². The molecular formula is C12H17N3O2. The van der Waals surface area contributed by atoms with Crippen molar-refractivity contribution in [1.82, 2.24) is 9.78 Å². The molecule has 0 aromatic carbocycles. The summed E-state index contributed by atoms with van der Waals surface area (Å²) in [6.45, 7) is 5.25. The first-order valence-corrected chi connectivity index (χ1v) is 5.73. The van der Waals surface area contributed by atoms with Gasteiger partial charge in [0.1, 0.15) is 0 Å². The predicted molar refractivity (Wildman–Crippen MR) is 64.8 cm³/mol. The summed E-state index contributed by atoms with van der Waals surface area (Å²) in [5, 5.41) is 7.01. The van der Waals surface area contributed by atoms with Gasteiger partial charge in [-0.2, -0.15) is 5.10 Å². The Balaban J connectivity index is 1.98. The molecule has 5 nitrogen and oxygen atoms in total. The van der Waals surface area contributed by atoms with Crippen LogP contribution in [0.5, 0.6) is 0 Å². The molecule has 5 heteroatoms. The highest BCUT2D eigenvalue weighted by atomic mass is 16.5. The second-order valence-electron chi connectivity index (χ2n) is 4.44. The number of carbonyl (C=O) groups is 1. The fraction of sp³-hybridized carbons (Fsp3) is 0.500. The Morgan fingerprint density at radius 3 is 3.12 bits per heavy atom. The maximum absolute atomic E-state index is 11.5. The molecule has 17 heavy (non-hydrogen) atoms. The zero-order valence-electron chi connectivity index (χ0n) is 10.1. The van der Waals surface area contributed by atoms with Gasteiger partial charge in [0.2, 0.25) is 5.91 Å². The quantitative estimate of drug-likeness (QED) is 0.812. The van der Waals surface area contributed by atoms with Crippen molar-refractivity contribution in [3.8, 4) is 0 Å². The zero-order chi connectivity index (χ0) is 12.3. The van der Waals surface area contributed by atoms with Crippen LogP contribution in [0, 0.1) is 0 Å². The number of nitrogens with zero attached hydrogens (tertiary/aromatic N) is 2. The van der Waals surface area contributed by atoms with E-state index in [2.05, 4.69) is 10.4 Å². The highest BCUT2D eigenvalue weighted by Crippen LogP contribution is 2.19. The van der Waals surface area contributed by atoms with E-state index in [0.29, 0.717) is 12.6 Å². The summed E-state index contributed by atoms with van der Waals surface area (Å²) in [7, 11) is 0. The van der Waals surface area contributed by atoms with Gasteiger partial charge in [0, 0.05) is 18.9 Å². The Kier molecular flexibility index (Phi) is 3.58. The van der Waals surface area contributed by atoms with Crippen molar-refractivity contribution in [2.24, 2.45) is 0 Å². The van der Waals surface area contributed by atoms with Crippen LogP contribution < -0.4 is 5.32 Å². The van der Waals surface area contributed by atoms with Gasteiger partial charge in [-0.1, -0.05) is 5.57 Å². The number of hydrogen-bond acceptors (Lipinski definition) is 3. The number of amides is 1. The first-order valence-electron chi connectivity index (χ1n) is 5.73. The first kappa shape index (κ1) is 11.9. The summed E-state index contributed by atoms with van der Waals surface area (Å²) in [6, 6.07) is 0.295. The Bertz CT molecular complexity index is 427. The highest BCUT2D eigenvalue weighted by Gasteiger charge is 2.18. The normalized spacial score (nSPS) is 19.1. The van der Waals surface area contributed by atoms with Crippen LogP contribution in [0.25, 0.3) is 0 Å². The van der Waals surface area contributed by atoms with Crippen molar-refractivity contribution >= 4 is 11.6 Å². The second kappa shape index (κ2) is 5.14. The summed E-state index contributed by atoms with van der Waals surface area (Å²) in [6.07, 6.45) is 6.05. The van der Waals surface area contributed by atoms with Gasteiger partial charge in [0.25, 0.3) is 0 Å². The minimum Gasteiger partial charge on any atom is -0.379 e. The molecule has 1 amide bonds. The van der Waals surface area contributed by atoms with Crippen molar-refractivity contribution in [2.75, 3.05) is 18.5 Å². The van der Waals surface area contributed by atoms with E-state index < -0.39 is 0 Å². The van der Waals surface area contributed by atoms with Crippen LogP contribution in [0.4, 0.5) is 5.69 Å². The van der Waals surface area contributed by atoms with Gasteiger partial charge in [-0.15, -0.1) is 0 Å². The average Bonchev–Trinajstić information content (AvgIpc) is 2.84. The molecule has 92 valence electrons. The smallest absolute Gasteiger partial charge is 0.248 e. The van der Waals surface area contributed by atoms with Crippen LogP contribution in [-0.4, -0.2) is 28.9 Å². The van der Waals surface area contributed by atoms with Crippen molar-refractivity contribution < 1.29 is 9.53 Å². The van der Waals surface area contributed by atoms with Gasteiger partial charge >= 0.3 is 0 Å². The molecule has 0 bridgehead atoms. The molecule has 0 radical (unpaired) electrons. The van der Waals surface area contributed by atoms with Crippen LogP contribution in [0.1, 0.15) is 26.3 Å². The lowest BCUT2D eigenvalue weighted by Gasteiger charge is -2.06. The maximum atomic E-state index is 11.5. The predicted octanol–water partition coefficient (Wildman–Crippen LogP) is 1.75. The lowest BCUT2D eigenvalue weighted by atomic mass is 10.3. The number of hydrogen-bond donors (Lipinski definition) is 1. The van der Waals surface area contributed by atoms with Crippen LogP contribution in [0.3, 0.4) is 0 Å². The molecule has 1 aliphatic rings. The molecule has 2 rings (SSSR count). The minimum atomic E-state index is -0.118. The number of rotatable bonds is 3. The van der Waals surface area contributed by atoms with Gasteiger partial charge in [-0.3, -0.25) is 9.48 Å². The molecule has 0 saturated carbocycles. The Morgan fingerprint density at radius 1 is 1.65 bits per heavy atom. The Hall–Kier alpha value is -1.62. The molecule has 1 saturated heterocycles. The van der Waals surface area contributed by atoms with E-state index in [1.165, 1.54) is 0 Å². The van der Waals surface area contributed by atoms with E-state index in [1.54, 1.807) is 12.3 Å². The number of aromatic nitrogens is 2. The van der Waals surface area contributed by atoms with E-state index in [9.17, 15) is 4.79 Å².